The quantitative estimate of drug-likeness (QED) is 0.837. The highest BCUT2D eigenvalue weighted by atomic mass is 35.5. The Kier molecular flexibility index (Phi) is 5.24. The predicted octanol–water partition coefficient (Wildman–Crippen LogP) is 2.81. The standard InChI is InChI=1S/C13H17ClN2O2S/c1-17-12-5-4-9(14)7-11(12)16-13(19)15-8-10-3-2-6-18-10/h4-5,7,10H,2-3,6,8H2,1H3,(H2,15,16,19). The van der Waals surface area contributed by atoms with Gasteiger partial charge >= 0.3 is 0 Å². The molecule has 1 aromatic rings. The molecule has 19 heavy (non-hydrogen) atoms. The second-order valence-corrected chi connectivity index (χ2v) is 5.16. The minimum absolute atomic E-state index is 0.251. The highest BCUT2D eigenvalue weighted by Crippen LogP contribution is 2.27. The lowest BCUT2D eigenvalue weighted by atomic mass is 10.2. The molecule has 1 aliphatic rings. The van der Waals surface area contributed by atoms with Gasteiger partial charge in [-0.05, 0) is 43.3 Å². The fraction of sp³-hybridized carbons (Fsp3) is 0.462. The van der Waals surface area contributed by atoms with Gasteiger partial charge in [0.2, 0.25) is 0 Å². The van der Waals surface area contributed by atoms with Gasteiger partial charge in [-0.3, -0.25) is 0 Å². The fourth-order valence-electron chi connectivity index (χ4n) is 1.96. The highest BCUT2D eigenvalue weighted by molar-refractivity contribution is 7.80. The Bertz CT molecular complexity index is 450. The van der Waals surface area contributed by atoms with Crippen molar-refractivity contribution in [2.75, 3.05) is 25.6 Å². The third-order valence-corrected chi connectivity index (χ3v) is 3.41. The van der Waals surface area contributed by atoms with Crippen LogP contribution in [0.3, 0.4) is 0 Å². The van der Waals surface area contributed by atoms with E-state index in [2.05, 4.69) is 10.6 Å². The number of nitrogens with one attached hydrogen (secondary N) is 2. The Morgan fingerprint density at radius 1 is 1.58 bits per heavy atom. The highest BCUT2D eigenvalue weighted by Gasteiger charge is 2.15. The summed E-state index contributed by atoms with van der Waals surface area (Å²) in [6.45, 7) is 1.56. The van der Waals surface area contributed by atoms with Crippen molar-refractivity contribution >= 4 is 34.6 Å². The molecule has 1 atom stereocenters. The van der Waals surface area contributed by atoms with Crippen molar-refractivity contribution in [1.29, 1.82) is 0 Å². The molecule has 6 heteroatoms. The first-order chi connectivity index (χ1) is 9.19. The SMILES string of the molecule is COc1ccc(Cl)cc1NC(=S)NCC1CCCO1. The molecule has 1 aromatic carbocycles. The lowest BCUT2D eigenvalue weighted by Crippen LogP contribution is -2.34. The molecular weight excluding hydrogens is 284 g/mol. The van der Waals surface area contributed by atoms with E-state index in [1.54, 1.807) is 25.3 Å². The van der Waals surface area contributed by atoms with Crippen LogP contribution in [0, 0.1) is 0 Å². The van der Waals surface area contributed by atoms with Crippen LogP contribution in [0.15, 0.2) is 18.2 Å². The smallest absolute Gasteiger partial charge is 0.170 e. The van der Waals surface area contributed by atoms with E-state index in [-0.39, 0.29) is 6.10 Å². The van der Waals surface area contributed by atoms with Crippen molar-refractivity contribution in [3.05, 3.63) is 23.2 Å². The summed E-state index contributed by atoms with van der Waals surface area (Å²) in [6.07, 6.45) is 2.45. The molecule has 0 saturated carbocycles. The third kappa shape index (κ3) is 4.23. The van der Waals surface area contributed by atoms with E-state index in [9.17, 15) is 0 Å². The number of hydrogen-bond acceptors (Lipinski definition) is 3. The number of methoxy groups -OCH3 is 1. The normalized spacial score (nSPS) is 18.1. The van der Waals surface area contributed by atoms with Gasteiger partial charge in [-0.1, -0.05) is 11.6 Å². The second kappa shape index (κ2) is 6.93. The van der Waals surface area contributed by atoms with Gasteiger partial charge in [0, 0.05) is 18.2 Å². The van der Waals surface area contributed by atoms with Gasteiger partial charge in [0.1, 0.15) is 5.75 Å². The summed E-state index contributed by atoms with van der Waals surface area (Å²) in [5, 5.41) is 7.39. The number of benzene rings is 1. The number of rotatable bonds is 4. The third-order valence-electron chi connectivity index (χ3n) is 2.92. The Hall–Kier alpha value is -1.04. The van der Waals surface area contributed by atoms with Crippen LogP contribution < -0.4 is 15.4 Å². The number of hydrogen-bond donors (Lipinski definition) is 2. The van der Waals surface area contributed by atoms with Gasteiger partial charge in [-0.2, -0.15) is 0 Å². The largest absolute Gasteiger partial charge is 0.495 e. The molecule has 104 valence electrons. The minimum atomic E-state index is 0.251. The summed E-state index contributed by atoms with van der Waals surface area (Å²) in [5.41, 5.74) is 0.750. The van der Waals surface area contributed by atoms with Gasteiger partial charge in [0.05, 0.1) is 18.9 Å². The average molecular weight is 301 g/mol. The summed E-state index contributed by atoms with van der Waals surface area (Å²) < 4.78 is 10.8. The molecule has 0 bridgehead atoms. The first-order valence-electron chi connectivity index (χ1n) is 6.19. The average Bonchev–Trinajstić information content (AvgIpc) is 2.90. The summed E-state index contributed by atoms with van der Waals surface area (Å²) >= 11 is 11.2. The van der Waals surface area contributed by atoms with E-state index < -0.39 is 0 Å². The van der Waals surface area contributed by atoms with Crippen molar-refractivity contribution < 1.29 is 9.47 Å². The molecule has 1 saturated heterocycles. The maximum Gasteiger partial charge on any atom is 0.170 e. The lowest BCUT2D eigenvalue weighted by molar-refractivity contribution is 0.114. The zero-order valence-electron chi connectivity index (χ0n) is 10.7. The number of halogens is 1. The van der Waals surface area contributed by atoms with Gasteiger partial charge in [-0.15, -0.1) is 0 Å². The fourth-order valence-corrected chi connectivity index (χ4v) is 2.32. The molecular formula is C13H17ClN2O2S. The van der Waals surface area contributed by atoms with Crippen molar-refractivity contribution in [2.45, 2.75) is 18.9 Å². The van der Waals surface area contributed by atoms with Gasteiger partial charge in [0.15, 0.2) is 5.11 Å². The van der Waals surface area contributed by atoms with E-state index in [0.29, 0.717) is 22.4 Å². The molecule has 2 rings (SSSR count). The summed E-state index contributed by atoms with van der Waals surface area (Å²) in [6, 6.07) is 5.35. The molecule has 1 fully saturated rings. The lowest BCUT2D eigenvalue weighted by Gasteiger charge is -2.15. The van der Waals surface area contributed by atoms with Crippen molar-refractivity contribution in [1.82, 2.24) is 5.32 Å². The van der Waals surface area contributed by atoms with Crippen LogP contribution in [-0.2, 0) is 4.74 Å². The molecule has 1 unspecified atom stereocenters. The first-order valence-corrected chi connectivity index (χ1v) is 6.97. The summed E-state index contributed by atoms with van der Waals surface area (Å²) in [4.78, 5) is 0. The van der Waals surface area contributed by atoms with Crippen molar-refractivity contribution in [3.8, 4) is 5.75 Å². The monoisotopic (exact) mass is 300 g/mol. The molecule has 2 N–H and O–H groups in total. The maximum absolute atomic E-state index is 5.96. The van der Waals surface area contributed by atoms with Crippen molar-refractivity contribution in [2.24, 2.45) is 0 Å². The van der Waals surface area contributed by atoms with Crippen LogP contribution >= 0.6 is 23.8 Å². The van der Waals surface area contributed by atoms with Crippen LogP contribution in [0.4, 0.5) is 5.69 Å². The van der Waals surface area contributed by atoms with Crippen LogP contribution in [-0.4, -0.2) is 31.5 Å². The summed E-state index contributed by atoms with van der Waals surface area (Å²) in [7, 11) is 1.61. The Morgan fingerprint density at radius 3 is 3.11 bits per heavy atom. The number of ether oxygens (including phenoxy) is 2. The predicted molar refractivity (Wildman–Crippen MR) is 81.2 cm³/mol. The second-order valence-electron chi connectivity index (χ2n) is 4.31. The van der Waals surface area contributed by atoms with E-state index in [1.807, 2.05) is 0 Å². The molecule has 4 nitrogen and oxygen atoms in total. The summed E-state index contributed by atoms with van der Waals surface area (Å²) in [5.74, 6) is 0.700. The van der Waals surface area contributed by atoms with Crippen LogP contribution in [0.2, 0.25) is 5.02 Å². The van der Waals surface area contributed by atoms with Crippen LogP contribution in [0.5, 0.6) is 5.75 Å². The van der Waals surface area contributed by atoms with Gasteiger partial charge < -0.3 is 20.1 Å². The van der Waals surface area contributed by atoms with Crippen molar-refractivity contribution in [3.63, 3.8) is 0 Å². The molecule has 0 aromatic heterocycles. The molecule has 0 amide bonds. The van der Waals surface area contributed by atoms with E-state index in [0.717, 1.165) is 25.1 Å². The zero-order chi connectivity index (χ0) is 13.7. The zero-order valence-corrected chi connectivity index (χ0v) is 12.3. The topological polar surface area (TPSA) is 42.5 Å². The van der Waals surface area contributed by atoms with Gasteiger partial charge in [0.25, 0.3) is 0 Å². The molecule has 1 aliphatic heterocycles. The molecule has 0 radical (unpaired) electrons. The Morgan fingerprint density at radius 2 is 2.42 bits per heavy atom. The minimum Gasteiger partial charge on any atom is -0.495 e. The molecule has 1 heterocycles. The Labute approximate surface area is 123 Å². The maximum atomic E-state index is 5.96. The van der Waals surface area contributed by atoms with Gasteiger partial charge in [-0.25, -0.2) is 0 Å². The number of anilines is 1. The van der Waals surface area contributed by atoms with E-state index >= 15 is 0 Å². The van der Waals surface area contributed by atoms with Crippen LogP contribution in [0.1, 0.15) is 12.8 Å². The van der Waals surface area contributed by atoms with E-state index in [1.165, 1.54) is 0 Å². The molecule has 0 aliphatic carbocycles. The number of thiocarbonyl (C=S) groups is 1. The molecule has 0 spiro atoms. The van der Waals surface area contributed by atoms with Crippen LogP contribution in [0.25, 0.3) is 0 Å². The Balaban J connectivity index is 1.88. The first kappa shape index (κ1) is 14.4. The van der Waals surface area contributed by atoms with E-state index in [4.69, 9.17) is 33.3 Å².